The van der Waals surface area contributed by atoms with Crippen molar-refractivity contribution in [3.05, 3.63) is 71.1 Å². The van der Waals surface area contributed by atoms with E-state index in [-0.39, 0.29) is 5.92 Å². The molecule has 6 nitrogen and oxygen atoms in total. The Kier molecular flexibility index (Phi) is 7.01. The number of rotatable bonds is 8. The molecule has 2 N–H and O–H groups in total. The fourth-order valence-corrected chi connectivity index (χ4v) is 7.01. The molecule has 0 unspecified atom stereocenters. The Morgan fingerprint density at radius 3 is 1.85 bits per heavy atom. The van der Waals surface area contributed by atoms with Gasteiger partial charge in [0, 0.05) is 21.2 Å². The Balaban J connectivity index is 2.69. The molecule has 138 valence electrons. The summed E-state index contributed by atoms with van der Waals surface area (Å²) < 4.78 is 14.4. The van der Waals surface area contributed by atoms with Gasteiger partial charge in [-0.05, 0) is 11.4 Å². The highest BCUT2D eigenvalue weighted by molar-refractivity contribution is 7.79. The zero-order valence-corrected chi connectivity index (χ0v) is 15.8. The molecule has 0 aliphatic carbocycles. The lowest BCUT2D eigenvalue weighted by Crippen LogP contribution is -2.45. The zero-order chi connectivity index (χ0) is 19.2. The van der Waals surface area contributed by atoms with E-state index in [9.17, 15) is 14.8 Å². The van der Waals surface area contributed by atoms with E-state index in [0.717, 1.165) is 0 Å². The van der Waals surface area contributed by atoms with E-state index in [1.807, 2.05) is 50.2 Å². The largest absolute Gasteiger partial charge is 0.396 e. The van der Waals surface area contributed by atoms with Crippen LogP contribution in [-0.2, 0) is 4.57 Å². The fraction of sp³-hybridized carbons (Fsp3) is 0.368. The molecule has 0 radical (unpaired) electrons. The molecule has 2 aromatic rings. The summed E-state index contributed by atoms with van der Waals surface area (Å²) >= 11 is 0. The number of aliphatic hydroxyl groups is 2. The molecule has 0 bridgehead atoms. The zero-order valence-electron chi connectivity index (χ0n) is 14.9. The smallest absolute Gasteiger partial charge is 0.148 e. The molecule has 0 aromatic heterocycles. The van der Waals surface area contributed by atoms with Crippen molar-refractivity contribution in [1.29, 1.82) is 0 Å². The topological polar surface area (TPSA) is 106 Å². The molecule has 2 rings (SSSR count). The van der Waals surface area contributed by atoms with Gasteiger partial charge in [-0.25, -0.2) is 0 Å². The monoisotopic (exact) mass is 373 g/mol. The molecule has 3 atom stereocenters. The van der Waals surface area contributed by atoms with Crippen LogP contribution in [0.1, 0.15) is 13.8 Å². The van der Waals surface area contributed by atoms with Gasteiger partial charge in [-0.1, -0.05) is 79.6 Å². The molecule has 0 amide bonds. The van der Waals surface area contributed by atoms with Crippen molar-refractivity contribution < 1.29 is 14.8 Å². The fourth-order valence-electron chi connectivity index (χ4n) is 3.33. The highest BCUT2D eigenvalue weighted by Gasteiger charge is 2.44. The van der Waals surface area contributed by atoms with Gasteiger partial charge in [0.25, 0.3) is 0 Å². The van der Waals surface area contributed by atoms with Crippen LogP contribution in [0.3, 0.4) is 0 Å². The summed E-state index contributed by atoms with van der Waals surface area (Å²) in [5.74, 6) is -0.181. The second kappa shape index (κ2) is 9.02. The van der Waals surface area contributed by atoms with Crippen LogP contribution in [0.2, 0.25) is 0 Å². The van der Waals surface area contributed by atoms with Crippen molar-refractivity contribution >= 4 is 17.8 Å². The number of nitrogens with zero attached hydrogens (tertiary/aromatic N) is 3. The summed E-state index contributed by atoms with van der Waals surface area (Å²) in [6.07, 6.45) is -1.25. The predicted molar refractivity (Wildman–Crippen MR) is 104 cm³/mol. The lowest BCUT2D eigenvalue weighted by molar-refractivity contribution is 0.0940. The van der Waals surface area contributed by atoms with E-state index in [1.54, 1.807) is 24.3 Å². The molecule has 0 saturated carbocycles. The van der Waals surface area contributed by atoms with Crippen molar-refractivity contribution in [3.8, 4) is 0 Å². The van der Waals surface area contributed by atoms with Crippen LogP contribution in [0, 0.1) is 5.92 Å². The molecular weight excluding hydrogens is 349 g/mol. The maximum atomic E-state index is 14.4. The highest BCUT2D eigenvalue weighted by Crippen LogP contribution is 2.53. The van der Waals surface area contributed by atoms with Crippen LogP contribution in [0.4, 0.5) is 0 Å². The minimum Gasteiger partial charge on any atom is -0.396 e. The van der Waals surface area contributed by atoms with Gasteiger partial charge in [0.05, 0.1) is 18.8 Å². The molecule has 2 aromatic carbocycles. The van der Waals surface area contributed by atoms with Crippen LogP contribution in [0.25, 0.3) is 10.4 Å². The quantitative estimate of drug-likeness (QED) is 0.321. The van der Waals surface area contributed by atoms with E-state index in [1.165, 1.54) is 0 Å². The van der Waals surface area contributed by atoms with Gasteiger partial charge in [-0.2, -0.15) is 0 Å². The number of hydrogen-bond acceptors (Lipinski definition) is 4. The van der Waals surface area contributed by atoms with E-state index in [4.69, 9.17) is 5.53 Å². The van der Waals surface area contributed by atoms with Crippen molar-refractivity contribution in [3.63, 3.8) is 0 Å². The Morgan fingerprint density at radius 2 is 1.50 bits per heavy atom. The third-order valence-electron chi connectivity index (χ3n) is 4.51. The molecule has 0 saturated heterocycles. The molecule has 7 heteroatoms. The second-order valence-corrected chi connectivity index (χ2v) is 9.45. The molecule has 0 spiro atoms. The molecule has 0 aliphatic rings. The molecule has 0 aliphatic heterocycles. The average molecular weight is 373 g/mol. The predicted octanol–water partition coefficient (Wildman–Crippen LogP) is 3.06. The van der Waals surface area contributed by atoms with Gasteiger partial charge in [0.2, 0.25) is 0 Å². The molecule has 0 fully saturated rings. The summed E-state index contributed by atoms with van der Waals surface area (Å²) in [5, 5.41) is 25.2. The Bertz CT molecular complexity index is 749. The average Bonchev–Trinajstić information content (AvgIpc) is 2.67. The first-order valence-corrected chi connectivity index (χ1v) is 10.3. The molecular formula is C19H24N3O3P. The maximum absolute atomic E-state index is 14.4. The van der Waals surface area contributed by atoms with Gasteiger partial charge >= 0.3 is 0 Å². The van der Waals surface area contributed by atoms with Crippen molar-refractivity contribution in [2.75, 3.05) is 6.61 Å². The number of azide groups is 1. The van der Waals surface area contributed by atoms with Crippen LogP contribution in [0.5, 0.6) is 0 Å². The SMILES string of the molecule is CC(C)[C@@H]([C@@H](O)[C@H](CO)N=[N+]=[N-])P(=O)(c1ccccc1)c1ccccc1. The first-order chi connectivity index (χ1) is 12.5. The van der Waals surface area contributed by atoms with Crippen LogP contribution in [-0.4, -0.2) is 34.6 Å². The minimum absolute atomic E-state index is 0.181. The second-order valence-electron chi connectivity index (χ2n) is 6.51. The van der Waals surface area contributed by atoms with Gasteiger partial charge in [-0.3, -0.25) is 0 Å². The number of hydrogen-bond donors (Lipinski definition) is 2. The summed E-state index contributed by atoms with van der Waals surface area (Å²) in [7, 11) is -3.28. The van der Waals surface area contributed by atoms with Crippen molar-refractivity contribution in [2.45, 2.75) is 31.7 Å². The van der Waals surface area contributed by atoms with E-state index < -0.39 is 31.6 Å². The van der Waals surface area contributed by atoms with Crippen molar-refractivity contribution in [1.82, 2.24) is 0 Å². The lowest BCUT2D eigenvalue weighted by atomic mass is 10.00. The Labute approximate surface area is 153 Å². The van der Waals surface area contributed by atoms with Gasteiger partial charge < -0.3 is 14.8 Å². The van der Waals surface area contributed by atoms with E-state index in [2.05, 4.69) is 10.0 Å². The Morgan fingerprint density at radius 1 is 1.04 bits per heavy atom. The first-order valence-electron chi connectivity index (χ1n) is 8.50. The van der Waals surface area contributed by atoms with Crippen molar-refractivity contribution in [2.24, 2.45) is 11.0 Å². The summed E-state index contributed by atoms with van der Waals surface area (Å²) in [4.78, 5) is 2.71. The summed E-state index contributed by atoms with van der Waals surface area (Å²) in [5.41, 5.74) is 8.03. The van der Waals surface area contributed by atoms with E-state index in [0.29, 0.717) is 10.6 Å². The maximum Gasteiger partial charge on any atom is 0.148 e. The molecule has 0 heterocycles. The third kappa shape index (κ3) is 4.00. The number of aliphatic hydroxyl groups excluding tert-OH is 2. The Hall–Kier alpha value is -2.10. The van der Waals surface area contributed by atoms with Gasteiger partial charge in [-0.15, -0.1) is 0 Å². The number of benzene rings is 2. The normalized spacial score (nSPS) is 15.1. The van der Waals surface area contributed by atoms with Gasteiger partial charge in [0.15, 0.2) is 0 Å². The lowest BCUT2D eigenvalue weighted by Gasteiger charge is -2.36. The summed E-state index contributed by atoms with van der Waals surface area (Å²) in [6, 6.07) is 17.0. The van der Waals surface area contributed by atoms with E-state index >= 15 is 0 Å². The standard InChI is InChI=1S/C19H24N3O3P/c1-14(2)19(18(24)17(13-23)21-22-20)26(25,15-9-5-3-6-10-15)16-11-7-4-8-12-16/h3-12,14,17-19,23-24H,13H2,1-2H3/t17-,18-,19-/m0/s1. The minimum atomic E-state index is -3.28. The summed E-state index contributed by atoms with van der Waals surface area (Å²) in [6.45, 7) is 3.23. The first kappa shape index (κ1) is 20.2. The molecule has 26 heavy (non-hydrogen) atoms. The van der Waals surface area contributed by atoms with Crippen LogP contribution in [0.15, 0.2) is 65.8 Å². The van der Waals surface area contributed by atoms with Crippen LogP contribution >= 0.6 is 7.14 Å². The van der Waals surface area contributed by atoms with Gasteiger partial charge in [0.1, 0.15) is 7.14 Å². The highest BCUT2D eigenvalue weighted by atomic mass is 31.2. The third-order valence-corrected chi connectivity index (χ3v) is 8.39. The van der Waals surface area contributed by atoms with Crippen LogP contribution < -0.4 is 10.6 Å².